The summed E-state index contributed by atoms with van der Waals surface area (Å²) in [5.74, 6) is 2.41. The number of nitro groups is 1. The lowest BCUT2D eigenvalue weighted by molar-refractivity contribution is -0.384. The van der Waals surface area contributed by atoms with Gasteiger partial charge in [-0.15, -0.1) is 6.42 Å². The van der Waals surface area contributed by atoms with E-state index in [4.69, 9.17) is 6.42 Å². The number of hydrogen-bond donors (Lipinski definition) is 1. The van der Waals surface area contributed by atoms with Crippen LogP contribution in [0.15, 0.2) is 24.3 Å². The summed E-state index contributed by atoms with van der Waals surface area (Å²) in [6, 6.07) is 5.41. The normalized spacial score (nSPS) is 8.25. The van der Waals surface area contributed by atoms with Gasteiger partial charge in [0.05, 0.1) is 11.5 Å². The molecule has 0 bridgehead atoms. The summed E-state index contributed by atoms with van der Waals surface area (Å²) in [6.45, 7) is 0.667. The van der Waals surface area contributed by atoms with Crippen molar-refractivity contribution in [2.24, 2.45) is 0 Å². The van der Waals surface area contributed by atoms with E-state index in [9.17, 15) is 14.9 Å². The summed E-state index contributed by atoms with van der Waals surface area (Å²) >= 11 is 0. The van der Waals surface area contributed by atoms with Crippen molar-refractivity contribution in [3.8, 4) is 12.3 Å². The Hall–Kier alpha value is -2.19. The van der Waals surface area contributed by atoms with E-state index in [2.05, 4.69) is 11.2 Å². The lowest BCUT2D eigenvalue weighted by Gasteiger charge is -1.89. The second-order valence-corrected chi connectivity index (χ2v) is 2.70. The Bertz CT molecular complexity index is 379. The van der Waals surface area contributed by atoms with Gasteiger partial charge in [0.1, 0.15) is 6.29 Å². The quantitative estimate of drug-likeness (QED) is 0.360. The van der Waals surface area contributed by atoms with Crippen molar-refractivity contribution >= 4 is 12.0 Å². The highest BCUT2D eigenvalue weighted by atomic mass is 16.6. The molecule has 5 heteroatoms. The first kappa shape index (κ1) is 13.8. The van der Waals surface area contributed by atoms with Crippen molar-refractivity contribution in [3.63, 3.8) is 0 Å². The molecule has 0 saturated carbocycles. The number of carbonyl (C=O) groups excluding carboxylic acids is 1. The molecule has 84 valence electrons. The monoisotopic (exact) mass is 220 g/mol. The van der Waals surface area contributed by atoms with E-state index in [0.29, 0.717) is 18.4 Å². The van der Waals surface area contributed by atoms with E-state index in [-0.39, 0.29) is 5.69 Å². The zero-order valence-electron chi connectivity index (χ0n) is 8.84. The highest BCUT2D eigenvalue weighted by Gasteiger charge is 2.02. The molecule has 0 spiro atoms. The number of nitrogens with one attached hydrogen (secondary N) is 1. The van der Waals surface area contributed by atoms with Crippen LogP contribution >= 0.6 is 0 Å². The van der Waals surface area contributed by atoms with Gasteiger partial charge in [0.25, 0.3) is 5.69 Å². The molecule has 1 N–H and O–H groups in total. The number of nitrogens with zero attached hydrogens (tertiary/aromatic N) is 1. The SMILES string of the molecule is C#CCNC.O=Cc1ccc([N+](=O)[O-])cc1. The number of carbonyl (C=O) groups is 1. The fourth-order valence-electron chi connectivity index (χ4n) is 0.777. The Labute approximate surface area is 93.6 Å². The van der Waals surface area contributed by atoms with Crippen LogP contribution in [-0.4, -0.2) is 24.8 Å². The van der Waals surface area contributed by atoms with Crippen LogP contribution in [-0.2, 0) is 0 Å². The molecule has 0 unspecified atom stereocenters. The molecular weight excluding hydrogens is 208 g/mol. The number of nitro benzene ring substituents is 1. The predicted molar refractivity (Wildman–Crippen MR) is 61.2 cm³/mol. The summed E-state index contributed by atoms with van der Waals surface area (Å²) < 4.78 is 0. The molecule has 0 aliphatic rings. The predicted octanol–water partition coefficient (Wildman–Crippen LogP) is 1.25. The number of terminal acetylenes is 1. The lowest BCUT2D eigenvalue weighted by Crippen LogP contribution is -2.03. The van der Waals surface area contributed by atoms with Crippen LogP contribution in [0.2, 0.25) is 0 Å². The van der Waals surface area contributed by atoms with Crippen molar-refractivity contribution < 1.29 is 9.72 Å². The first-order chi connectivity index (χ1) is 7.65. The molecule has 0 aliphatic heterocycles. The Morgan fingerprint density at radius 3 is 2.31 bits per heavy atom. The summed E-state index contributed by atoms with van der Waals surface area (Å²) in [6.07, 6.45) is 5.47. The van der Waals surface area contributed by atoms with Crippen molar-refractivity contribution in [2.45, 2.75) is 0 Å². The van der Waals surface area contributed by atoms with Gasteiger partial charge in [0, 0.05) is 17.7 Å². The molecule has 0 heterocycles. The van der Waals surface area contributed by atoms with Gasteiger partial charge in [-0.2, -0.15) is 0 Å². The topological polar surface area (TPSA) is 72.2 Å². The number of hydrogen-bond acceptors (Lipinski definition) is 4. The standard InChI is InChI=1S/C7H5NO3.C4H7N/c9-5-6-1-3-7(4-2-6)8(10)11;1-3-4-5-2/h1-5H;1,5H,4H2,2H3. The van der Waals surface area contributed by atoms with E-state index >= 15 is 0 Å². The molecule has 16 heavy (non-hydrogen) atoms. The van der Waals surface area contributed by atoms with Crippen LogP contribution in [0.1, 0.15) is 10.4 Å². The first-order valence-electron chi connectivity index (χ1n) is 4.43. The van der Waals surface area contributed by atoms with Crippen LogP contribution in [0.25, 0.3) is 0 Å². The maximum absolute atomic E-state index is 10.1. The third-order valence-electron chi connectivity index (χ3n) is 1.52. The van der Waals surface area contributed by atoms with Crippen LogP contribution in [0, 0.1) is 22.5 Å². The van der Waals surface area contributed by atoms with E-state index in [0.717, 1.165) is 0 Å². The molecule has 1 aromatic rings. The molecule has 0 radical (unpaired) electrons. The molecule has 1 aromatic carbocycles. The molecule has 1 rings (SSSR count). The Balaban J connectivity index is 0.000000385. The molecule has 0 fully saturated rings. The number of aldehydes is 1. The van der Waals surface area contributed by atoms with Crippen LogP contribution in [0.4, 0.5) is 5.69 Å². The van der Waals surface area contributed by atoms with Crippen LogP contribution < -0.4 is 5.32 Å². The third-order valence-corrected chi connectivity index (χ3v) is 1.52. The molecular formula is C11H12N2O3. The van der Waals surface area contributed by atoms with Crippen molar-refractivity contribution in [2.75, 3.05) is 13.6 Å². The zero-order chi connectivity index (χ0) is 12.4. The van der Waals surface area contributed by atoms with Crippen LogP contribution in [0.5, 0.6) is 0 Å². The molecule has 5 nitrogen and oxygen atoms in total. The second kappa shape index (κ2) is 8.15. The first-order valence-corrected chi connectivity index (χ1v) is 4.43. The van der Waals surface area contributed by atoms with Gasteiger partial charge >= 0.3 is 0 Å². The van der Waals surface area contributed by atoms with E-state index in [1.54, 1.807) is 0 Å². The summed E-state index contributed by atoms with van der Waals surface area (Å²) in [7, 11) is 1.82. The van der Waals surface area contributed by atoms with Gasteiger partial charge in [0.2, 0.25) is 0 Å². The lowest BCUT2D eigenvalue weighted by atomic mass is 10.2. The fraction of sp³-hybridized carbons (Fsp3) is 0.182. The Morgan fingerprint density at radius 2 is 2.06 bits per heavy atom. The molecule has 0 amide bonds. The smallest absolute Gasteiger partial charge is 0.269 e. The maximum Gasteiger partial charge on any atom is 0.269 e. The largest absolute Gasteiger partial charge is 0.309 e. The van der Waals surface area contributed by atoms with Gasteiger partial charge < -0.3 is 5.32 Å². The second-order valence-electron chi connectivity index (χ2n) is 2.70. The summed E-state index contributed by atoms with van der Waals surface area (Å²) in [5, 5.41) is 12.9. The third kappa shape index (κ3) is 5.52. The van der Waals surface area contributed by atoms with Gasteiger partial charge in [-0.1, -0.05) is 5.92 Å². The molecule has 0 aromatic heterocycles. The average molecular weight is 220 g/mol. The Kier molecular flexibility index (Phi) is 7.03. The molecule has 0 aliphatic carbocycles. The maximum atomic E-state index is 10.1. The Morgan fingerprint density at radius 1 is 1.50 bits per heavy atom. The van der Waals surface area contributed by atoms with E-state index in [1.807, 2.05) is 7.05 Å². The van der Waals surface area contributed by atoms with E-state index in [1.165, 1.54) is 24.3 Å². The molecule has 0 atom stereocenters. The van der Waals surface area contributed by atoms with Gasteiger partial charge in [-0.25, -0.2) is 0 Å². The van der Waals surface area contributed by atoms with Gasteiger partial charge in [0.15, 0.2) is 0 Å². The number of rotatable bonds is 3. The van der Waals surface area contributed by atoms with Crippen molar-refractivity contribution in [3.05, 3.63) is 39.9 Å². The minimum atomic E-state index is -0.505. The fourth-order valence-corrected chi connectivity index (χ4v) is 0.777. The summed E-state index contributed by atoms with van der Waals surface area (Å²) in [5.41, 5.74) is 0.436. The van der Waals surface area contributed by atoms with Crippen LogP contribution in [0.3, 0.4) is 0 Å². The minimum Gasteiger partial charge on any atom is -0.309 e. The zero-order valence-corrected chi connectivity index (χ0v) is 8.84. The summed E-state index contributed by atoms with van der Waals surface area (Å²) in [4.78, 5) is 19.7. The van der Waals surface area contributed by atoms with Gasteiger partial charge in [-0.05, 0) is 19.2 Å². The highest BCUT2D eigenvalue weighted by molar-refractivity contribution is 5.75. The highest BCUT2D eigenvalue weighted by Crippen LogP contribution is 2.09. The van der Waals surface area contributed by atoms with E-state index < -0.39 is 4.92 Å². The minimum absolute atomic E-state index is 0.00407. The van der Waals surface area contributed by atoms with Crippen molar-refractivity contribution in [1.29, 1.82) is 0 Å². The van der Waals surface area contributed by atoms with Crippen molar-refractivity contribution in [1.82, 2.24) is 5.32 Å². The number of non-ortho nitro benzene ring substituents is 1. The van der Waals surface area contributed by atoms with Gasteiger partial charge in [-0.3, -0.25) is 14.9 Å². The average Bonchev–Trinajstić information content (AvgIpc) is 2.31. The number of benzene rings is 1. The molecule has 0 saturated heterocycles.